The van der Waals surface area contributed by atoms with Crippen LogP contribution in [0.4, 0.5) is 0 Å². The molecule has 0 saturated heterocycles. The molecule has 1 nitrogen and oxygen atoms in total. The van der Waals surface area contributed by atoms with Gasteiger partial charge in [0.05, 0.1) is 23.0 Å². The lowest BCUT2D eigenvalue weighted by molar-refractivity contribution is -0.224. The van der Waals surface area contributed by atoms with Crippen molar-refractivity contribution in [2.75, 3.05) is 11.8 Å². The molecule has 4 atom stereocenters. The topological polar surface area (TPSA) is 9.23 Å². The van der Waals surface area contributed by atoms with Crippen LogP contribution in [0.3, 0.4) is 0 Å². The van der Waals surface area contributed by atoms with E-state index in [-0.39, 0.29) is 11.2 Å². The van der Waals surface area contributed by atoms with Gasteiger partial charge in [0.2, 0.25) is 0 Å². The molecule has 0 amide bonds. The maximum atomic E-state index is 7.47. The van der Waals surface area contributed by atoms with Crippen LogP contribution < -0.4 is 0 Å². The maximum absolute atomic E-state index is 7.47. The van der Waals surface area contributed by atoms with Gasteiger partial charge in [-0.1, -0.05) is 89.9 Å². The Bertz CT molecular complexity index is 455. The molecule has 0 aromatic carbocycles. The van der Waals surface area contributed by atoms with E-state index in [9.17, 15) is 0 Å². The first-order valence-electron chi connectivity index (χ1n) is 13.1. The van der Waals surface area contributed by atoms with Crippen molar-refractivity contribution in [3.05, 3.63) is 0 Å². The van der Waals surface area contributed by atoms with Crippen molar-refractivity contribution >= 4 is 23.2 Å². The van der Waals surface area contributed by atoms with Gasteiger partial charge < -0.3 is 4.74 Å². The number of halogens is 2. The SMILES string of the molecule is ClCC1(OC2(CCl)CCCCC2C2CCCCC2)CCCCC1C1CCCCC1. The molecule has 3 heteroatoms. The summed E-state index contributed by atoms with van der Waals surface area (Å²) < 4.78 is 7.47. The fourth-order valence-electron chi connectivity index (χ4n) is 7.92. The molecule has 0 N–H and O–H groups in total. The highest BCUT2D eigenvalue weighted by atomic mass is 35.5. The highest BCUT2D eigenvalue weighted by Gasteiger charge is 2.53. The summed E-state index contributed by atoms with van der Waals surface area (Å²) >= 11 is 13.7. The molecule has 4 fully saturated rings. The molecular formula is C26H44Cl2O. The summed E-state index contributed by atoms with van der Waals surface area (Å²) in [5.41, 5.74) is -0.248. The molecule has 4 unspecified atom stereocenters. The molecule has 0 heterocycles. The quantitative estimate of drug-likeness (QED) is 0.374. The Kier molecular flexibility index (Phi) is 8.18. The van der Waals surface area contributed by atoms with Crippen LogP contribution in [0.1, 0.15) is 116 Å². The van der Waals surface area contributed by atoms with Gasteiger partial charge in [-0.3, -0.25) is 0 Å². The predicted octanol–water partition coefficient (Wildman–Crippen LogP) is 8.50. The van der Waals surface area contributed by atoms with Gasteiger partial charge in [-0.15, -0.1) is 23.2 Å². The first kappa shape index (κ1) is 22.7. The van der Waals surface area contributed by atoms with Crippen LogP contribution in [-0.4, -0.2) is 23.0 Å². The van der Waals surface area contributed by atoms with Crippen LogP contribution >= 0.6 is 23.2 Å². The van der Waals surface area contributed by atoms with Crippen molar-refractivity contribution in [1.82, 2.24) is 0 Å². The molecule has 168 valence electrons. The van der Waals surface area contributed by atoms with E-state index in [2.05, 4.69) is 0 Å². The van der Waals surface area contributed by atoms with Crippen molar-refractivity contribution in [2.24, 2.45) is 23.7 Å². The van der Waals surface area contributed by atoms with Crippen LogP contribution in [0.2, 0.25) is 0 Å². The molecule has 4 aliphatic carbocycles. The number of hydrogen-bond acceptors (Lipinski definition) is 1. The van der Waals surface area contributed by atoms with E-state index in [1.807, 2.05) is 0 Å². The lowest BCUT2D eigenvalue weighted by Crippen LogP contribution is -2.59. The molecule has 29 heavy (non-hydrogen) atoms. The van der Waals surface area contributed by atoms with E-state index in [1.54, 1.807) is 0 Å². The zero-order valence-corrected chi connectivity index (χ0v) is 20.1. The number of alkyl halides is 2. The molecule has 4 aliphatic rings. The third kappa shape index (κ3) is 4.83. The molecule has 4 saturated carbocycles. The van der Waals surface area contributed by atoms with E-state index < -0.39 is 0 Å². The highest BCUT2D eigenvalue weighted by Crippen LogP contribution is 2.53. The molecule has 0 aromatic heterocycles. The Balaban J connectivity index is 1.60. The van der Waals surface area contributed by atoms with Crippen molar-refractivity contribution in [3.8, 4) is 0 Å². The summed E-state index contributed by atoms with van der Waals surface area (Å²) in [6, 6.07) is 0. The number of ether oxygens (including phenoxy) is 1. The zero-order valence-electron chi connectivity index (χ0n) is 18.6. The molecule has 0 aromatic rings. The number of hydrogen-bond donors (Lipinski definition) is 0. The molecule has 0 aliphatic heterocycles. The smallest absolute Gasteiger partial charge is 0.0856 e. The van der Waals surface area contributed by atoms with Crippen LogP contribution in [0.15, 0.2) is 0 Å². The monoisotopic (exact) mass is 442 g/mol. The van der Waals surface area contributed by atoms with Gasteiger partial charge >= 0.3 is 0 Å². The molecule has 4 rings (SSSR count). The van der Waals surface area contributed by atoms with Gasteiger partial charge in [-0.2, -0.15) is 0 Å². The minimum atomic E-state index is -0.124. The maximum Gasteiger partial charge on any atom is 0.0856 e. The Morgan fingerprint density at radius 3 is 1.28 bits per heavy atom. The average molecular weight is 444 g/mol. The molecule has 0 spiro atoms. The Labute approximate surface area is 190 Å². The molecule has 0 bridgehead atoms. The summed E-state index contributed by atoms with van der Waals surface area (Å²) in [5.74, 6) is 4.30. The van der Waals surface area contributed by atoms with E-state index in [0.717, 1.165) is 24.7 Å². The lowest BCUT2D eigenvalue weighted by atomic mass is 9.63. The van der Waals surface area contributed by atoms with Gasteiger partial charge in [-0.25, -0.2) is 0 Å². The van der Waals surface area contributed by atoms with E-state index in [1.165, 1.54) is 103 Å². The van der Waals surface area contributed by atoms with Crippen molar-refractivity contribution in [1.29, 1.82) is 0 Å². The standard InChI is InChI=1S/C26H44Cl2O/c27-19-25(17-9-7-15-23(25)21-11-3-1-4-12-21)29-26(20-28)18-10-8-16-24(26)22-13-5-2-6-14-22/h21-24H,1-20H2. The Morgan fingerprint density at radius 2 is 0.897 bits per heavy atom. The van der Waals surface area contributed by atoms with Gasteiger partial charge in [0.1, 0.15) is 0 Å². The van der Waals surface area contributed by atoms with Crippen LogP contribution in [0.25, 0.3) is 0 Å². The molecular weight excluding hydrogens is 399 g/mol. The van der Waals surface area contributed by atoms with Gasteiger partial charge in [0, 0.05) is 0 Å². The van der Waals surface area contributed by atoms with Crippen LogP contribution in [0, 0.1) is 23.7 Å². The second kappa shape index (κ2) is 10.4. The Morgan fingerprint density at radius 1 is 0.517 bits per heavy atom. The van der Waals surface area contributed by atoms with Crippen LogP contribution in [0.5, 0.6) is 0 Å². The van der Waals surface area contributed by atoms with E-state index in [4.69, 9.17) is 27.9 Å². The largest absolute Gasteiger partial charge is 0.365 e. The normalized spacial score (nSPS) is 40.8. The van der Waals surface area contributed by atoms with E-state index in [0.29, 0.717) is 23.6 Å². The first-order chi connectivity index (χ1) is 14.2. The van der Waals surface area contributed by atoms with Crippen molar-refractivity contribution in [2.45, 2.75) is 127 Å². The first-order valence-corrected chi connectivity index (χ1v) is 14.1. The fraction of sp³-hybridized carbons (Fsp3) is 1.00. The average Bonchev–Trinajstić information content (AvgIpc) is 2.81. The predicted molar refractivity (Wildman–Crippen MR) is 125 cm³/mol. The summed E-state index contributed by atoms with van der Waals surface area (Å²) in [6.07, 6.45) is 24.3. The van der Waals surface area contributed by atoms with Crippen molar-refractivity contribution in [3.63, 3.8) is 0 Å². The summed E-state index contributed by atoms with van der Waals surface area (Å²) in [4.78, 5) is 0. The number of rotatable bonds is 6. The lowest BCUT2D eigenvalue weighted by Gasteiger charge is -2.56. The van der Waals surface area contributed by atoms with Gasteiger partial charge in [0.25, 0.3) is 0 Å². The van der Waals surface area contributed by atoms with Crippen molar-refractivity contribution < 1.29 is 4.74 Å². The highest BCUT2D eigenvalue weighted by molar-refractivity contribution is 6.19. The fourth-order valence-corrected chi connectivity index (χ4v) is 8.69. The summed E-state index contributed by atoms with van der Waals surface area (Å²) in [5, 5.41) is 0. The third-order valence-corrected chi connectivity index (χ3v) is 10.3. The van der Waals surface area contributed by atoms with E-state index >= 15 is 0 Å². The van der Waals surface area contributed by atoms with Gasteiger partial charge in [-0.05, 0) is 49.4 Å². The molecule has 0 radical (unpaired) electrons. The Hall–Kier alpha value is 0.540. The van der Waals surface area contributed by atoms with Crippen LogP contribution in [-0.2, 0) is 4.74 Å². The van der Waals surface area contributed by atoms with Gasteiger partial charge in [0.15, 0.2) is 0 Å². The zero-order chi connectivity index (χ0) is 20.2. The minimum Gasteiger partial charge on any atom is -0.365 e. The third-order valence-electron chi connectivity index (χ3n) is 9.38. The second-order valence-electron chi connectivity index (χ2n) is 11.0. The summed E-state index contributed by atoms with van der Waals surface area (Å²) in [6.45, 7) is 0. The second-order valence-corrected chi connectivity index (χ2v) is 11.5. The summed E-state index contributed by atoms with van der Waals surface area (Å²) in [7, 11) is 0. The minimum absolute atomic E-state index is 0.124.